The Bertz CT molecular complexity index is 595. The number of hydrogen-bond acceptors (Lipinski definition) is 5. The Kier molecular flexibility index (Phi) is 4.82. The first-order chi connectivity index (χ1) is 10.5. The number of nitrogens with zero attached hydrogens (tertiary/aromatic N) is 3. The summed E-state index contributed by atoms with van der Waals surface area (Å²) in [6, 6.07) is 0. The van der Waals surface area contributed by atoms with Crippen molar-refractivity contribution in [3.05, 3.63) is 18.0 Å². The van der Waals surface area contributed by atoms with Crippen LogP contribution in [-0.4, -0.2) is 60.7 Å². The lowest BCUT2D eigenvalue weighted by Crippen LogP contribution is -2.43. The van der Waals surface area contributed by atoms with Crippen LogP contribution in [0.3, 0.4) is 0 Å². The average Bonchev–Trinajstić information content (AvgIpc) is 3.17. The highest BCUT2D eigenvalue weighted by Crippen LogP contribution is 2.24. The molecular formula is C14H23N3O4S. The van der Waals surface area contributed by atoms with Crippen LogP contribution in [0.15, 0.2) is 12.4 Å². The summed E-state index contributed by atoms with van der Waals surface area (Å²) in [6.07, 6.45) is 6.05. The summed E-state index contributed by atoms with van der Waals surface area (Å²) >= 11 is 0. The third kappa shape index (κ3) is 3.68. The molecule has 22 heavy (non-hydrogen) atoms. The zero-order valence-corrected chi connectivity index (χ0v) is 13.7. The van der Waals surface area contributed by atoms with E-state index in [2.05, 4.69) is 5.10 Å². The van der Waals surface area contributed by atoms with Gasteiger partial charge in [-0.05, 0) is 19.3 Å². The maximum atomic E-state index is 12.5. The van der Waals surface area contributed by atoms with Crippen molar-refractivity contribution in [1.82, 2.24) is 14.1 Å². The normalized spacial score (nSPS) is 27.3. The lowest BCUT2D eigenvalue weighted by Gasteiger charge is -2.32. The van der Waals surface area contributed by atoms with E-state index in [1.54, 1.807) is 15.2 Å². The summed E-state index contributed by atoms with van der Waals surface area (Å²) in [7, 11) is -1.42. The van der Waals surface area contributed by atoms with Gasteiger partial charge in [-0.3, -0.25) is 4.68 Å². The molecular weight excluding hydrogens is 306 g/mol. The molecule has 3 rings (SSSR count). The number of sulfonamides is 1. The van der Waals surface area contributed by atoms with E-state index in [0.29, 0.717) is 26.1 Å². The Morgan fingerprint density at radius 2 is 2.23 bits per heavy atom. The summed E-state index contributed by atoms with van der Waals surface area (Å²) in [4.78, 5) is 0. The van der Waals surface area contributed by atoms with Gasteiger partial charge in [-0.15, -0.1) is 0 Å². The van der Waals surface area contributed by atoms with Gasteiger partial charge < -0.3 is 9.47 Å². The molecule has 2 unspecified atom stereocenters. The average molecular weight is 329 g/mol. The van der Waals surface area contributed by atoms with Crippen molar-refractivity contribution in [3.63, 3.8) is 0 Å². The van der Waals surface area contributed by atoms with Crippen molar-refractivity contribution in [2.75, 3.05) is 32.1 Å². The summed E-state index contributed by atoms with van der Waals surface area (Å²) in [5.74, 6) is 0.150. The van der Waals surface area contributed by atoms with Crippen LogP contribution < -0.4 is 0 Å². The van der Waals surface area contributed by atoms with Gasteiger partial charge in [0.1, 0.15) is 0 Å². The Labute approximate surface area is 131 Å². The van der Waals surface area contributed by atoms with Gasteiger partial charge in [0.2, 0.25) is 10.0 Å². The van der Waals surface area contributed by atoms with E-state index in [4.69, 9.17) is 9.47 Å². The summed E-state index contributed by atoms with van der Waals surface area (Å²) in [6.45, 7) is 1.95. The molecule has 2 saturated heterocycles. The molecule has 8 heteroatoms. The van der Waals surface area contributed by atoms with Crippen LogP contribution in [0, 0.1) is 0 Å². The largest absolute Gasteiger partial charge is 0.378 e. The van der Waals surface area contributed by atoms with Crippen LogP contribution in [0.4, 0.5) is 0 Å². The Hall–Kier alpha value is -0.960. The van der Waals surface area contributed by atoms with Crippen LogP contribution in [0.2, 0.25) is 0 Å². The highest BCUT2D eigenvalue weighted by molar-refractivity contribution is 7.89. The second-order valence-electron chi connectivity index (χ2n) is 5.90. The molecule has 2 atom stereocenters. The zero-order chi connectivity index (χ0) is 15.6. The number of morpholine rings is 1. The number of rotatable bonds is 5. The first-order valence-electron chi connectivity index (χ1n) is 7.74. The molecule has 1 aromatic heterocycles. The second kappa shape index (κ2) is 6.66. The highest BCUT2D eigenvalue weighted by atomic mass is 32.2. The van der Waals surface area contributed by atoms with Crippen molar-refractivity contribution in [3.8, 4) is 0 Å². The summed E-state index contributed by atoms with van der Waals surface area (Å²) in [5, 5.41) is 4.12. The molecule has 0 bridgehead atoms. The predicted molar refractivity (Wildman–Crippen MR) is 80.9 cm³/mol. The quantitative estimate of drug-likeness (QED) is 0.795. The fraction of sp³-hybridized carbons (Fsp3) is 0.786. The monoisotopic (exact) mass is 329 g/mol. The number of aromatic nitrogens is 2. The van der Waals surface area contributed by atoms with Crippen molar-refractivity contribution in [1.29, 1.82) is 0 Å². The van der Waals surface area contributed by atoms with Gasteiger partial charge in [-0.1, -0.05) is 0 Å². The minimum Gasteiger partial charge on any atom is -0.378 e. The van der Waals surface area contributed by atoms with Crippen LogP contribution in [0.1, 0.15) is 30.9 Å². The van der Waals surface area contributed by atoms with Crippen LogP contribution in [0.5, 0.6) is 0 Å². The molecule has 2 aliphatic rings. The molecule has 7 nitrogen and oxygen atoms in total. The molecule has 2 aliphatic heterocycles. The van der Waals surface area contributed by atoms with Gasteiger partial charge in [0.25, 0.3) is 0 Å². The van der Waals surface area contributed by atoms with Crippen molar-refractivity contribution in [2.45, 2.75) is 31.5 Å². The smallest absolute Gasteiger partial charge is 0.214 e. The van der Waals surface area contributed by atoms with Gasteiger partial charge in [-0.25, -0.2) is 8.42 Å². The minimum absolute atomic E-state index is 0.102. The standard InChI is InChI=1S/C14H23N3O4S/c1-16-10-12(9-15-16)14-11-17(5-7-21-14)22(18,19)8-4-13-3-2-6-20-13/h9-10,13-14H,2-8,11H2,1H3. The van der Waals surface area contributed by atoms with E-state index < -0.39 is 10.0 Å². The SMILES string of the molecule is Cn1cc(C2CN(S(=O)(=O)CCC3CCCO3)CCO2)cn1. The molecule has 0 amide bonds. The molecule has 0 aromatic carbocycles. The van der Waals surface area contributed by atoms with E-state index in [9.17, 15) is 8.42 Å². The molecule has 124 valence electrons. The minimum atomic E-state index is -3.26. The number of ether oxygens (including phenoxy) is 2. The van der Waals surface area contributed by atoms with Crippen molar-refractivity contribution >= 4 is 10.0 Å². The van der Waals surface area contributed by atoms with E-state index in [1.807, 2.05) is 13.2 Å². The molecule has 1 aromatic rings. The van der Waals surface area contributed by atoms with Crippen LogP contribution in [0.25, 0.3) is 0 Å². The third-order valence-electron chi connectivity index (χ3n) is 4.24. The summed E-state index contributed by atoms with van der Waals surface area (Å²) < 4.78 is 39.5. The van der Waals surface area contributed by atoms with Crippen LogP contribution >= 0.6 is 0 Å². The fourth-order valence-corrected chi connectivity index (χ4v) is 4.50. The van der Waals surface area contributed by atoms with Crippen molar-refractivity contribution in [2.24, 2.45) is 7.05 Å². The molecule has 0 aliphatic carbocycles. The molecule has 0 radical (unpaired) electrons. The maximum absolute atomic E-state index is 12.5. The Morgan fingerprint density at radius 3 is 2.91 bits per heavy atom. The Balaban J connectivity index is 1.60. The highest BCUT2D eigenvalue weighted by Gasteiger charge is 2.31. The van der Waals surface area contributed by atoms with Gasteiger partial charge in [0, 0.05) is 38.5 Å². The van der Waals surface area contributed by atoms with E-state index in [-0.39, 0.29) is 18.0 Å². The van der Waals surface area contributed by atoms with Gasteiger partial charge in [0.05, 0.1) is 30.8 Å². The molecule has 0 spiro atoms. The fourth-order valence-electron chi connectivity index (χ4n) is 2.97. The predicted octanol–water partition coefficient (Wildman–Crippen LogP) is 0.692. The number of aryl methyl sites for hydroxylation is 1. The van der Waals surface area contributed by atoms with E-state index in [0.717, 1.165) is 25.0 Å². The maximum Gasteiger partial charge on any atom is 0.214 e. The van der Waals surface area contributed by atoms with Crippen molar-refractivity contribution < 1.29 is 17.9 Å². The van der Waals surface area contributed by atoms with Gasteiger partial charge >= 0.3 is 0 Å². The first-order valence-corrected chi connectivity index (χ1v) is 9.35. The third-order valence-corrected chi connectivity index (χ3v) is 6.11. The zero-order valence-electron chi connectivity index (χ0n) is 12.8. The lowest BCUT2D eigenvalue weighted by atomic mass is 10.2. The van der Waals surface area contributed by atoms with Gasteiger partial charge in [0.15, 0.2) is 0 Å². The molecule has 0 saturated carbocycles. The number of hydrogen-bond donors (Lipinski definition) is 0. The molecule has 3 heterocycles. The molecule has 0 N–H and O–H groups in total. The summed E-state index contributed by atoms with van der Waals surface area (Å²) in [5.41, 5.74) is 0.918. The topological polar surface area (TPSA) is 73.7 Å². The second-order valence-corrected chi connectivity index (χ2v) is 7.99. The Morgan fingerprint density at radius 1 is 1.36 bits per heavy atom. The first kappa shape index (κ1) is 15.9. The van der Waals surface area contributed by atoms with Crippen LogP contribution in [-0.2, 0) is 26.5 Å². The lowest BCUT2D eigenvalue weighted by molar-refractivity contribution is -0.00269. The van der Waals surface area contributed by atoms with E-state index in [1.165, 1.54) is 0 Å². The van der Waals surface area contributed by atoms with Gasteiger partial charge in [-0.2, -0.15) is 9.40 Å². The van der Waals surface area contributed by atoms with E-state index >= 15 is 0 Å². The molecule has 2 fully saturated rings.